The van der Waals surface area contributed by atoms with E-state index in [0.717, 1.165) is 11.8 Å². The molecule has 8 heteroatoms. The van der Waals surface area contributed by atoms with Gasteiger partial charge in [0.1, 0.15) is 0 Å². The van der Waals surface area contributed by atoms with Crippen LogP contribution in [0.4, 0.5) is 0 Å². The van der Waals surface area contributed by atoms with Crippen molar-refractivity contribution in [3.8, 4) is 22.4 Å². The largest absolute Gasteiger partial charge is 0.247 e. The molecule has 3 aromatic rings. The van der Waals surface area contributed by atoms with Crippen LogP contribution in [0.1, 0.15) is 5.69 Å². The molecule has 0 N–H and O–H groups in total. The molecule has 1 aromatic heterocycles. The fourth-order valence-electron chi connectivity index (χ4n) is 2.55. The summed E-state index contributed by atoms with van der Waals surface area (Å²) in [4.78, 5) is 8.48. The minimum atomic E-state index is -3.59. The van der Waals surface area contributed by atoms with Gasteiger partial charge >= 0.3 is 0 Å². The van der Waals surface area contributed by atoms with Crippen LogP contribution in [-0.4, -0.2) is 24.6 Å². The van der Waals surface area contributed by atoms with Crippen LogP contribution >= 0.6 is 34.8 Å². The molecule has 0 aliphatic rings. The molecule has 0 fully saturated rings. The topological polar surface area (TPSA) is 59.9 Å². The van der Waals surface area contributed by atoms with Crippen LogP contribution in [0.2, 0.25) is 15.1 Å². The molecule has 0 amide bonds. The maximum absolute atomic E-state index is 12.0. The quantitative estimate of drug-likeness (QED) is 0.519. The van der Waals surface area contributed by atoms with Gasteiger partial charge < -0.3 is 0 Å². The average molecular weight is 428 g/mol. The van der Waals surface area contributed by atoms with Crippen LogP contribution in [0.15, 0.2) is 47.6 Å². The third kappa shape index (κ3) is 3.86. The van der Waals surface area contributed by atoms with E-state index in [1.807, 2.05) is 12.1 Å². The van der Waals surface area contributed by atoms with Gasteiger partial charge in [0.2, 0.25) is 15.0 Å². The van der Waals surface area contributed by atoms with E-state index in [0.29, 0.717) is 37.6 Å². The summed E-state index contributed by atoms with van der Waals surface area (Å²) in [5, 5.41) is 1.17. The number of nitrogens with zero attached hydrogens (tertiary/aromatic N) is 2. The third-order valence-corrected chi connectivity index (χ3v) is 5.37. The van der Waals surface area contributed by atoms with Crippen molar-refractivity contribution < 1.29 is 8.42 Å². The molecule has 4 nitrogen and oxygen atoms in total. The summed E-state index contributed by atoms with van der Waals surface area (Å²) >= 11 is 18.3. The Bertz CT molecular complexity index is 1100. The highest BCUT2D eigenvalue weighted by Gasteiger charge is 2.21. The van der Waals surface area contributed by atoms with Gasteiger partial charge in [-0.3, -0.25) is 0 Å². The molecule has 0 aliphatic carbocycles. The summed E-state index contributed by atoms with van der Waals surface area (Å²) in [5.41, 5.74) is 2.98. The minimum absolute atomic E-state index is 0.256. The molecule has 1 heterocycles. The summed E-state index contributed by atoms with van der Waals surface area (Å²) in [6.45, 7) is 1.73. The number of aromatic nitrogens is 2. The van der Waals surface area contributed by atoms with Gasteiger partial charge in [0.15, 0.2) is 0 Å². The van der Waals surface area contributed by atoms with E-state index in [9.17, 15) is 8.42 Å². The van der Waals surface area contributed by atoms with Gasteiger partial charge in [-0.25, -0.2) is 18.4 Å². The summed E-state index contributed by atoms with van der Waals surface area (Å²) in [5.74, 6) is 0. The second-order valence-electron chi connectivity index (χ2n) is 5.72. The zero-order valence-electron chi connectivity index (χ0n) is 13.8. The predicted molar refractivity (Wildman–Crippen MR) is 106 cm³/mol. The van der Waals surface area contributed by atoms with E-state index < -0.39 is 9.84 Å². The molecule has 26 heavy (non-hydrogen) atoms. The summed E-state index contributed by atoms with van der Waals surface area (Å²) < 4.78 is 24.0. The highest BCUT2D eigenvalue weighted by Crippen LogP contribution is 2.38. The molecule has 0 spiro atoms. The molecule has 3 rings (SSSR count). The molecule has 0 atom stereocenters. The first kappa shape index (κ1) is 19.1. The molecule has 0 saturated carbocycles. The first-order chi connectivity index (χ1) is 12.2. The summed E-state index contributed by atoms with van der Waals surface area (Å²) in [6, 6.07) is 12.1. The lowest BCUT2D eigenvalue weighted by atomic mass is 9.98. The lowest BCUT2D eigenvalue weighted by molar-refractivity contribution is 0.592. The molecule has 0 unspecified atom stereocenters. The van der Waals surface area contributed by atoms with Crippen molar-refractivity contribution in [2.75, 3.05) is 6.26 Å². The zero-order valence-corrected chi connectivity index (χ0v) is 16.9. The first-order valence-electron chi connectivity index (χ1n) is 7.47. The van der Waals surface area contributed by atoms with E-state index in [1.165, 1.54) is 0 Å². The van der Waals surface area contributed by atoms with Gasteiger partial charge in [-0.1, -0.05) is 46.9 Å². The van der Waals surface area contributed by atoms with Gasteiger partial charge in [-0.05, 0) is 42.8 Å². The van der Waals surface area contributed by atoms with E-state index in [2.05, 4.69) is 9.97 Å². The van der Waals surface area contributed by atoms with Crippen LogP contribution < -0.4 is 0 Å². The average Bonchev–Trinajstić information content (AvgIpc) is 2.54. The van der Waals surface area contributed by atoms with Crippen LogP contribution in [0.25, 0.3) is 22.4 Å². The Balaban J connectivity index is 2.38. The zero-order chi connectivity index (χ0) is 19.1. The summed E-state index contributed by atoms with van der Waals surface area (Å²) in [7, 11) is -3.59. The molecular weight excluding hydrogens is 415 g/mol. The lowest BCUT2D eigenvalue weighted by Crippen LogP contribution is -2.08. The number of hydrogen-bond donors (Lipinski definition) is 0. The number of aryl methyl sites for hydroxylation is 1. The third-order valence-electron chi connectivity index (χ3n) is 3.72. The Kier molecular flexibility index (Phi) is 5.26. The molecule has 0 aliphatic heterocycles. The lowest BCUT2D eigenvalue weighted by Gasteiger charge is -2.15. The smallest absolute Gasteiger partial charge is 0.223 e. The van der Waals surface area contributed by atoms with Crippen molar-refractivity contribution in [3.63, 3.8) is 0 Å². The van der Waals surface area contributed by atoms with E-state index in [1.54, 1.807) is 37.3 Å². The van der Waals surface area contributed by atoms with Gasteiger partial charge in [0, 0.05) is 27.4 Å². The Morgan fingerprint density at radius 2 is 1.50 bits per heavy atom. The Morgan fingerprint density at radius 1 is 0.885 bits per heavy atom. The van der Waals surface area contributed by atoms with Crippen molar-refractivity contribution >= 4 is 44.6 Å². The molecule has 0 saturated heterocycles. The molecule has 134 valence electrons. The SMILES string of the molecule is Cc1nc(S(C)(=O)=O)nc(-c2ccc(Cl)cc2Cl)c1-c1ccc(Cl)cc1. The highest BCUT2D eigenvalue weighted by atomic mass is 35.5. The van der Waals surface area contributed by atoms with Crippen molar-refractivity contribution in [3.05, 3.63) is 63.2 Å². The van der Waals surface area contributed by atoms with Gasteiger partial charge in [-0.2, -0.15) is 0 Å². The standard InChI is InChI=1S/C18H13Cl3N2O2S/c1-10-16(11-3-5-12(19)6-4-11)17(23-18(22-10)26(2,24)25)14-8-7-13(20)9-15(14)21/h3-9H,1-2H3. The number of sulfone groups is 1. The van der Waals surface area contributed by atoms with Gasteiger partial charge in [0.25, 0.3) is 0 Å². The highest BCUT2D eigenvalue weighted by molar-refractivity contribution is 7.90. The number of rotatable bonds is 3. The van der Waals surface area contributed by atoms with E-state index >= 15 is 0 Å². The number of halogens is 3. The Labute approximate surface area is 166 Å². The second kappa shape index (κ2) is 7.16. The number of benzene rings is 2. The Hall–Kier alpha value is -1.66. The normalized spacial score (nSPS) is 11.6. The van der Waals surface area contributed by atoms with E-state index in [-0.39, 0.29) is 5.16 Å². The number of hydrogen-bond acceptors (Lipinski definition) is 4. The van der Waals surface area contributed by atoms with Crippen molar-refractivity contribution in [1.82, 2.24) is 9.97 Å². The van der Waals surface area contributed by atoms with Gasteiger partial charge in [0.05, 0.1) is 16.4 Å². The Morgan fingerprint density at radius 3 is 2.08 bits per heavy atom. The van der Waals surface area contributed by atoms with Crippen molar-refractivity contribution in [2.45, 2.75) is 12.1 Å². The maximum Gasteiger partial charge on any atom is 0.247 e. The monoisotopic (exact) mass is 426 g/mol. The summed E-state index contributed by atoms with van der Waals surface area (Å²) in [6.07, 6.45) is 1.07. The maximum atomic E-state index is 12.0. The fourth-order valence-corrected chi connectivity index (χ4v) is 3.74. The van der Waals surface area contributed by atoms with Crippen LogP contribution in [0.5, 0.6) is 0 Å². The van der Waals surface area contributed by atoms with Crippen molar-refractivity contribution in [2.24, 2.45) is 0 Å². The minimum Gasteiger partial charge on any atom is -0.223 e. The van der Waals surface area contributed by atoms with Gasteiger partial charge in [-0.15, -0.1) is 0 Å². The van der Waals surface area contributed by atoms with Crippen LogP contribution in [-0.2, 0) is 9.84 Å². The molecular formula is C18H13Cl3N2O2S. The van der Waals surface area contributed by atoms with Crippen LogP contribution in [0, 0.1) is 6.92 Å². The molecule has 0 bridgehead atoms. The van der Waals surface area contributed by atoms with Crippen molar-refractivity contribution in [1.29, 1.82) is 0 Å². The predicted octanol–water partition coefficient (Wildman–Crippen LogP) is 5.48. The molecule has 0 radical (unpaired) electrons. The first-order valence-corrected chi connectivity index (χ1v) is 10.5. The second-order valence-corrected chi connectivity index (χ2v) is 8.91. The fraction of sp³-hybridized carbons (Fsp3) is 0.111. The van der Waals surface area contributed by atoms with E-state index in [4.69, 9.17) is 34.8 Å². The molecule has 2 aromatic carbocycles. The van der Waals surface area contributed by atoms with Crippen LogP contribution in [0.3, 0.4) is 0 Å².